The van der Waals surface area contributed by atoms with Crippen molar-refractivity contribution in [3.8, 4) is 0 Å². The first-order chi connectivity index (χ1) is 5.90. The molecule has 3 heteroatoms. The lowest BCUT2D eigenvalue weighted by atomic mass is 10.2. The highest BCUT2D eigenvalue weighted by Crippen LogP contribution is 2.11. The van der Waals surface area contributed by atoms with Crippen LogP contribution in [0.3, 0.4) is 0 Å². The maximum Gasteiger partial charge on any atom is 0.0889 e. The van der Waals surface area contributed by atoms with Gasteiger partial charge in [-0.3, -0.25) is 9.97 Å². The third-order valence-electron chi connectivity index (χ3n) is 1.69. The minimum atomic E-state index is 0.520. The smallest absolute Gasteiger partial charge is 0.0889 e. The van der Waals surface area contributed by atoms with E-state index in [-0.39, 0.29) is 0 Å². The van der Waals surface area contributed by atoms with E-state index >= 15 is 0 Å². The molecule has 2 rings (SSSR count). The molecule has 0 radical (unpaired) electrons. The van der Waals surface area contributed by atoms with Crippen LogP contribution in [0.5, 0.6) is 0 Å². The third kappa shape index (κ3) is 1.25. The molecule has 0 aliphatic heterocycles. The molecule has 0 spiro atoms. The lowest BCUT2D eigenvalue weighted by molar-refractivity contribution is 1.28. The summed E-state index contributed by atoms with van der Waals surface area (Å²) in [5, 5.41) is 0. The van der Waals surface area contributed by atoms with Gasteiger partial charge in [0.15, 0.2) is 0 Å². The molecule has 1 aromatic carbocycles. The SMILES string of the molecule is ClCc1ccc2nccnc2c1. The average Bonchev–Trinajstić information content (AvgIpc) is 2.17. The van der Waals surface area contributed by atoms with Crippen LogP contribution in [0.25, 0.3) is 11.0 Å². The lowest BCUT2D eigenvalue weighted by Crippen LogP contribution is -1.83. The van der Waals surface area contributed by atoms with Crippen LogP contribution in [0.15, 0.2) is 30.6 Å². The van der Waals surface area contributed by atoms with E-state index in [0.717, 1.165) is 16.6 Å². The van der Waals surface area contributed by atoms with Crippen LogP contribution in [0.2, 0.25) is 0 Å². The van der Waals surface area contributed by atoms with Crippen LogP contribution in [0.4, 0.5) is 0 Å². The Balaban J connectivity index is 2.67. The summed E-state index contributed by atoms with van der Waals surface area (Å²) >= 11 is 5.68. The quantitative estimate of drug-likeness (QED) is 0.627. The van der Waals surface area contributed by atoms with Crippen LogP contribution in [-0.4, -0.2) is 9.97 Å². The summed E-state index contributed by atoms with van der Waals surface area (Å²) in [6.45, 7) is 0. The number of nitrogens with zero attached hydrogens (tertiary/aromatic N) is 2. The van der Waals surface area contributed by atoms with Gasteiger partial charge in [0.2, 0.25) is 0 Å². The number of alkyl halides is 1. The van der Waals surface area contributed by atoms with Crippen molar-refractivity contribution in [3.05, 3.63) is 36.2 Å². The van der Waals surface area contributed by atoms with E-state index < -0.39 is 0 Å². The number of aromatic nitrogens is 2. The van der Waals surface area contributed by atoms with Crippen LogP contribution in [0.1, 0.15) is 5.56 Å². The normalized spacial score (nSPS) is 10.4. The molecule has 0 amide bonds. The van der Waals surface area contributed by atoms with Gasteiger partial charge in [0, 0.05) is 18.3 Å². The van der Waals surface area contributed by atoms with Gasteiger partial charge in [0.25, 0.3) is 0 Å². The Kier molecular flexibility index (Phi) is 1.92. The maximum atomic E-state index is 5.68. The lowest BCUT2D eigenvalue weighted by Gasteiger charge is -1.97. The third-order valence-corrected chi connectivity index (χ3v) is 2.00. The molecule has 0 N–H and O–H groups in total. The van der Waals surface area contributed by atoms with Crippen LogP contribution >= 0.6 is 11.6 Å². The van der Waals surface area contributed by atoms with Crippen LogP contribution in [-0.2, 0) is 5.88 Å². The first kappa shape index (κ1) is 7.50. The summed E-state index contributed by atoms with van der Waals surface area (Å²) in [4.78, 5) is 8.32. The number of hydrogen-bond donors (Lipinski definition) is 0. The summed E-state index contributed by atoms with van der Waals surface area (Å²) in [6.07, 6.45) is 3.36. The molecule has 1 aromatic heterocycles. The summed E-state index contributed by atoms with van der Waals surface area (Å²) in [7, 11) is 0. The van der Waals surface area contributed by atoms with E-state index in [0.29, 0.717) is 5.88 Å². The molecule has 0 saturated heterocycles. The summed E-state index contributed by atoms with van der Waals surface area (Å²) in [5.41, 5.74) is 2.88. The molecule has 0 unspecified atom stereocenters. The molecule has 0 aliphatic rings. The number of benzene rings is 1. The van der Waals surface area contributed by atoms with Gasteiger partial charge in [-0.2, -0.15) is 0 Å². The van der Waals surface area contributed by atoms with Gasteiger partial charge in [-0.25, -0.2) is 0 Å². The topological polar surface area (TPSA) is 25.8 Å². The molecule has 0 bridgehead atoms. The molecule has 12 heavy (non-hydrogen) atoms. The Morgan fingerprint density at radius 3 is 2.58 bits per heavy atom. The number of halogens is 1. The second kappa shape index (κ2) is 3.07. The van der Waals surface area contributed by atoms with E-state index in [4.69, 9.17) is 11.6 Å². The highest BCUT2D eigenvalue weighted by Gasteiger charge is 1.95. The first-order valence-electron chi connectivity index (χ1n) is 3.66. The standard InChI is InChI=1S/C9H7ClN2/c10-6-7-1-2-8-9(5-7)12-4-3-11-8/h1-5H,6H2. The van der Waals surface area contributed by atoms with Gasteiger partial charge in [0.05, 0.1) is 11.0 Å². The molecule has 0 atom stereocenters. The van der Waals surface area contributed by atoms with Crippen molar-refractivity contribution >= 4 is 22.6 Å². The molecular formula is C9H7ClN2. The van der Waals surface area contributed by atoms with Crippen molar-refractivity contribution in [2.24, 2.45) is 0 Å². The minimum Gasteiger partial charge on any atom is -0.253 e. The second-order valence-corrected chi connectivity index (χ2v) is 2.78. The zero-order valence-corrected chi connectivity index (χ0v) is 7.12. The van der Waals surface area contributed by atoms with Gasteiger partial charge in [-0.05, 0) is 17.7 Å². The predicted octanol–water partition coefficient (Wildman–Crippen LogP) is 2.37. The van der Waals surface area contributed by atoms with Gasteiger partial charge in [0.1, 0.15) is 0 Å². The minimum absolute atomic E-state index is 0.520. The Bertz CT molecular complexity index is 400. The van der Waals surface area contributed by atoms with E-state index in [2.05, 4.69) is 9.97 Å². The number of hydrogen-bond acceptors (Lipinski definition) is 2. The number of fused-ring (bicyclic) bond motifs is 1. The summed E-state index contributed by atoms with van der Waals surface area (Å²) < 4.78 is 0. The highest BCUT2D eigenvalue weighted by atomic mass is 35.5. The number of rotatable bonds is 1. The molecule has 0 fully saturated rings. The Morgan fingerprint density at radius 1 is 1.08 bits per heavy atom. The fourth-order valence-electron chi connectivity index (χ4n) is 1.09. The van der Waals surface area contributed by atoms with Gasteiger partial charge >= 0.3 is 0 Å². The highest BCUT2D eigenvalue weighted by molar-refractivity contribution is 6.17. The monoisotopic (exact) mass is 178 g/mol. The van der Waals surface area contributed by atoms with Crippen molar-refractivity contribution in [1.82, 2.24) is 9.97 Å². The van der Waals surface area contributed by atoms with E-state index in [1.165, 1.54) is 0 Å². The van der Waals surface area contributed by atoms with E-state index in [9.17, 15) is 0 Å². The fourth-order valence-corrected chi connectivity index (χ4v) is 1.26. The van der Waals surface area contributed by atoms with Crippen molar-refractivity contribution < 1.29 is 0 Å². The Morgan fingerprint density at radius 2 is 1.83 bits per heavy atom. The second-order valence-electron chi connectivity index (χ2n) is 2.51. The average molecular weight is 179 g/mol. The Hall–Kier alpha value is -1.15. The van der Waals surface area contributed by atoms with Crippen molar-refractivity contribution in [3.63, 3.8) is 0 Å². The van der Waals surface area contributed by atoms with E-state index in [1.54, 1.807) is 12.4 Å². The molecule has 1 heterocycles. The molecule has 0 saturated carbocycles. The molecular weight excluding hydrogens is 172 g/mol. The fraction of sp³-hybridized carbons (Fsp3) is 0.111. The maximum absolute atomic E-state index is 5.68. The molecule has 0 aliphatic carbocycles. The zero-order valence-electron chi connectivity index (χ0n) is 6.37. The zero-order chi connectivity index (χ0) is 8.39. The summed E-state index contributed by atoms with van der Waals surface area (Å²) in [6, 6.07) is 5.85. The van der Waals surface area contributed by atoms with Crippen LogP contribution in [0, 0.1) is 0 Å². The largest absolute Gasteiger partial charge is 0.253 e. The van der Waals surface area contributed by atoms with Gasteiger partial charge < -0.3 is 0 Å². The molecule has 2 aromatic rings. The summed E-state index contributed by atoms with van der Waals surface area (Å²) in [5.74, 6) is 0.520. The van der Waals surface area contributed by atoms with Crippen molar-refractivity contribution in [2.45, 2.75) is 5.88 Å². The van der Waals surface area contributed by atoms with Gasteiger partial charge in [-0.15, -0.1) is 11.6 Å². The van der Waals surface area contributed by atoms with Gasteiger partial charge in [-0.1, -0.05) is 6.07 Å². The Labute approximate surface area is 75.2 Å². The van der Waals surface area contributed by atoms with E-state index in [1.807, 2.05) is 18.2 Å². The molecule has 2 nitrogen and oxygen atoms in total. The van der Waals surface area contributed by atoms with Crippen LogP contribution < -0.4 is 0 Å². The van der Waals surface area contributed by atoms with Crippen molar-refractivity contribution in [2.75, 3.05) is 0 Å². The first-order valence-corrected chi connectivity index (χ1v) is 4.19. The van der Waals surface area contributed by atoms with Crippen molar-refractivity contribution in [1.29, 1.82) is 0 Å². The predicted molar refractivity (Wildman–Crippen MR) is 49.1 cm³/mol. The molecule has 60 valence electrons.